The second kappa shape index (κ2) is 5.72. The molecular formula is C14H18N2O2S. The molecular weight excluding hydrogens is 260 g/mol. The van der Waals surface area contributed by atoms with Crippen molar-refractivity contribution in [2.45, 2.75) is 37.5 Å². The Hall–Kier alpha value is -1.38. The standard InChI is InChI=1S/C14H18N2O2S/c1-12-10-13(11-15)6-7-14(12)19(17,18)16-8-4-2-3-5-9-16/h6-7,10H,2-5,8-9H2,1H3. The summed E-state index contributed by atoms with van der Waals surface area (Å²) in [5.41, 5.74) is 1.13. The van der Waals surface area contributed by atoms with E-state index in [2.05, 4.69) is 0 Å². The molecule has 1 aliphatic heterocycles. The van der Waals surface area contributed by atoms with Crippen LogP contribution in [-0.2, 0) is 10.0 Å². The molecule has 0 aromatic heterocycles. The van der Waals surface area contributed by atoms with Gasteiger partial charge in [0.05, 0.1) is 16.5 Å². The van der Waals surface area contributed by atoms with E-state index in [0.717, 1.165) is 25.7 Å². The third-order valence-electron chi connectivity index (χ3n) is 3.49. The van der Waals surface area contributed by atoms with Gasteiger partial charge in [-0.25, -0.2) is 8.42 Å². The summed E-state index contributed by atoms with van der Waals surface area (Å²) >= 11 is 0. The van der Waals surface area contributed by atoms with Crippen LogP contribution in [0, 0.1) is 18.3 Å². The van der Waals surface area contributed by atoms with Crippen LogP contribution in [0.15, 0.2) is 23.1 Å². The minimum Gasteiger partial charge on any atom is -0.207 e. The summed E-state index contributed by atoms with van der Waals surface area (Å²) < 4.78 is 26.8. The van der Waals surface area contributed by atoms with Crippen molar-refractivity contribution in [1.29, 1.82) is 5.26 Å². The first-order valence-corrected chi connectivity index (χ1v) is 8.00. The van der Waals surface area contributed by atoms with Crippen LogP contribution in [0.1, 0.15) is 36.8 Å². The van der Waals surface area contributed by atoms with Crippen molar-refractivity contribution in [3.8, 4) is 6.07 Å². The van der Waals surface area contributed by atoms with Crippen LogP contribution in [0.25, 0.3) is 0 Å². The molecule has 1 saturated heterocycles. The second-order valence-corrected chi connectivity index (χ2v) is 6.82. The Bertz CT molecular complexity index is 594. The lowest BCUT2D eigenvalue weighted by Crippen LogP contribution is -2.32. The molecule has 1 aromatic carbocycles. The van der Waals surface area contributed by atoms with Crippen molar-refractivity contribution < 1.29 is 8.42 Å². The summed E-state index contributed by atoms with van der Waals surface area (Å²) in [7, 11) is -3.42. The molecule has 0 atom stereocenters. The van der Waals surface area contributed by atoms with Gasteiger partial charge in [-0.2, -0.15) is 9.57 Å². The average molecular weight is 278 g/mol. The van der Waals surface area contributed by atoms with E-state index in [9.17, 15) is 8.42 Å². The lowest BCUT2D eigenvalue weighted by molar-refractivity contribution is 0.423. The molecule has 0 bridgehead atoms. The highest BCUT2D eigenvalue weighted by atomic mass is 32.2. The van der Waals surface area contributed by atoms with E-state index in [0.29, 0.717) is 29.1 Å². The van der Waals surface area contributed by atoms with Gasteiger partial charge in [0.1, 0.15) is 0 Å². The zero-order valence-electron chi connectivity index (χ0n) is 11.1. The molecule has 1 fully saturated rings. The largest absolute Gasteiger partial charge is 0.243 e. The van der Waals surface area contributed by atoms with Gasteiger partial charge in [-0.15, -0.1) is 0 Å². The summed E-state index contributed by atoms with van der Waals surface area (Å²) in [4.78, 5) is 0.327. The summed E-state index contributed by atoms with van der Waals surface area (Å²) in [6.07, 6.45) is 4.04. The maximum Gasteiger partial charge on any atom is 0.243 e. The van der Waals surface area contributed by atoms with Crippen LogP contribution in [0.5, 0.6) is 0 Å². The molecule has 19 heavy (non-hydrogen) atoms. The summed E-state index contributed by atoms with van der Waals surface area (Å²) in [6.45, 7) is 2.94. The maximum absolute atomic E-state index is 12.6. The average Bonchev–Trinajstić information content (AvgIpc) is 2.67. The van der Waals surface area contributed by atoms with E-state index >= 15 is 0 Å². The minimum atomic E-state index is -3.42. The van der Waals surface area contributed by atoms with E-state index in [1.165, 1.54) is 0 Å². The van der Waals surface area contributed by atoms with Crippen LogP contribution < -0.4 is 0 Å². The molecule has 0 amide bonds. The van der Waals surface area contributed by atoms with Gasteiger partial charge < -0.3 is 0 Å². The highest BCUT2D eigenvalue weighted by Gasteiger charge is 2.26. The van der Waals surface area contributed by atoms with Gasteiger partial charge >= 0.3 is 0 Å². The first-order valence-electron chi connectivity index (χ1n) is 6.56. The lowest BCUT2D eigenvalue weighted by atomic mass is 10.2. The van der Waals surface area contributed by atoms with E-state index in [-0.39, 0.29) is 0 Å². The molecule has 0 aliphatic carbocycles. The summed E-state index contributed by atoms with van der Waals surface area (Å²) in [5.74, 6) is 0. The minimum absolute atomic E-state index is 0.327. The summed E-state index contributed by atoms with van der Waals surface area (Å²) in [6, 6.07) is 6.77. The number of sulfonamides is 1. The van der Waals surface area contributed by atoms with Crippen molar-refractivity contribution in [2.24, 2.45) is 0 Å². The molecule has 2 rings (SSSR count). The molecule has 0 N–H and O–H groups in total. The first kappa shape index (κ1) is 14.0. The van der Waals surface area contributed by atoms with Gasteiger partial charge in [0.25, 0.3) is 0 Å². The van der Waals surface area contributed by atoms with Crippen LogP contribution >= 0.6 is 0 Å². The molecule has 1 heterocycles. The van der Waals surface area contributed by atoms with Crippen LogP contribution in [-0.4, -0.2) is 25.8 Å². The summed E-state index contributed by atoms with van der Waals surface area (Å²) in [5, 5.41) is 8.83. The Morgan fingerprint density at radius 1 is 1.16 bits per heavy atom. The Balaban J connectivity index is 2.36. The topological polar surface area (TPSA) is 61.2 Å². The molecule has 0 spiro atoms. The quantitative estimate of drug-likeness (QED) is 0.834. The first-order chi connectivity index (χ1) is 9.05. The fraction of sp³-hybridized carbons (Fsp3) is 0.500. The maximum atomic E-state index is 12.6. The number of hydrogen-bond acceptors (Lipinski definition) is 3. The fourth-order valence-electron chi connectivity index (χ4n) is 2.43. The third kappa shape index (κ3) is 2.96. The highest BCUT2D eigenvalue weighted by molar-refractivity contribution is 7.89. The Labute approximate surface area is 114 Å². The van der Waals surface area contributed by atoms with E-state index in [1.54, 1.807) is 29.4 Å². The predicted octanol–water partition coefficient (Wildman–Crippen LogP) is 2.43. The van der Waals surface area contributed by atoms with Gasteiger partial charge in [-0.05, 0) is 43.5 Å². The molecule has 1 aliphatic rings. The lowest BCUT2D eigenvalue weighted by Gasteiger charge is -2.21. The van der Waals surface area contributed by atoms with E-state index in [4.69, 9.17) is 5.26 Å². The van der Waals surface area contributed by atoms with Crippen LogP contribution in [0.4, 0.5) is 0 Å². The van der Waals surface area contributed by atoms with Crippen molar-refractivity contribution in [3.63, 3.8) is 0 Å². The van der Waals surface area contributed by atoms with Gasteiger partial charge in [0.15, 0.2) is 0 Å². The number of aryl methyl sites for hydroxylation is 1. The normalized spacial score (nSPS) is 17.7. The van der Waals surface area contributed by atoms with Gasteiger partial charge in [0, 0.05) is 13.1 Å². The van der Waals surface area contributed by atoms with Gasteiger partial charge in [-0.3, -0.25) is 0 Å². The Morgan fingerprint density at radius 2 is 1.79 bits per heavy atom. The zero-order valence-corrected chi connectivity index (χ0v) is 11.9. The number of hydrogen-bond donors (Lipinski definition) is 0. The smallest absolute Gasteiger partial charge is 0.207 e. The fourth-order valence-corrected chi connectivity index (χ4v) is 4.15. The van der Waals surface area contributed by atoms with Crippen molar-refractivity contribution in [2.75, 3.05) is 13.1 Å². The highest BCUT2D eigenvalue weighted by Crippen LogP contribution is 2.23. The molecule has 0 unspecified atom stereocenters. The number of rotatable bonds is 2. The molecule has 4 nitrogen and oxygen atoms in total. The number of benzene rings is 1. The molecule has 1 aromatic rings. The van der Waals surface area contributed by atoms with Crippen molar-refractivity contribution in [3.05, 3.63) is 29.3 Å². The third-order valence-corrected chi connectivity index (χ3v) is 5.55. The monoisotopic (exact) mass is 278 g/mol. The zero-order chi connectivity index (χ0) is 13.9. The van der Waals surface area contributed by atoms with E-state index in [1.807, 2.05) is 6.07 Å². The molecule has 102 valence electrons. The number of nitrogens with zero attached hydrogens (tertiary/aromatic N) is 2. The molecule has 0 saturated carbocycles. The predicted molar refractivity (Wildman–Crippen MR) is 73.1 cm³/mol. The van der Waals surface area contributed by atoms with Crippen LogP contribution in [0.2, 0.25) is 0 Å². The van der Waals surface area contributed by atoms with Crippen molar-refractivity contribution >= 4 is 10.0 Å². The van der Waals surface area contributed by atoms with Gasteiger partial charge in [-0.1, -0.05) is 12.8 Å². The second-order valence-electron chi connectivity index (χ2n) is 4.91. The Morgan fingerprint density at radius 3 is 2.32 bits per heavy atom. The molecule has 0 radical (unpaired) electrons. The number of nitriles is 1. The van der Waals surface area contributed by atoms with Gasteiger partial charge in [0.2, 0.25) is 10.0 Å². The molecule has 5 heteroatoms. The Kier molecular flexibility index (Phi) is 4.23. The van der Waals surface area contributed by atoms with Crippen LogP contribution in [0.3, 0.4) is 0 Å². The SMILES string of the molecule is Cc1cc(C#N)ccc1S(=O)(=O)N1CCCCCC1. The van der Waals surface area contributed by atoms with E-state index < -0.39 is 10.0 Å². The van der Waals surface area contributed by atoms with Crippen molar-refractivity contribution in [1.82, 2.24) is 4.31 Å².